The molecule has 1 fully saturated rings. The van der Waals surface area contributed by atoms with Crippen molar-refractivity contribution in [3.8, 4) is 0 Å². The summed E-state index contributed by atoms with van der Waals surface area (Å²) in [5.74, 6) is 1.57. The highest BCUT2D eigenvalue weighted by molar-refractivity contribution is 6.33. The van der Waals surface area contributed by atoms with Crippen LogP contribution in [0.2, 0.25) is 5.02 Å². The van der Waals surface area contributed by atoms with Gasteiger partial charge in [0.1, 0.15) is 5.82 Å². The Kier molecular flexibility index (Phi) is 3.97. The number of rotatable bonds is 3. The van der Waals surface area contributed by atoms with E-state index in [9.17, 15) is 0 Å². The average molecular weight is 303 g/mol. The topological polar surface area (TPSA) is 41.1 Å². The smallest absolute Gasteiger partial charge is 0.227 e. The van der Waals surface area contributed by atoms with E-state index < -0.39 is 0 Å². The first-order chi connectivity index (χ1) is 10.1. The van der Waals surface area contributed by atoms with E-state index >= 15 is 0 Å². The third kappa shape index (κ3) is 3.10. The fraction of sp³-hybridized carbons (Fsp3) is 0.375. The highest BCUT2D eigenvalue weighted by atomic mass is 35.5. The second-order valence-corrected chi connectivity index (χ2v) is 5.91. The molecule has 0 amide bonds. The van der Waals surface area contributed by atoms with Gasteiger partial charge in [-0.1, -0.05) is 17.7 Å². The molecule has 1 aromatic heterocycles. The summed E-state index contributed by atoms with van der Waals surface area (Å²) < 4.78 is 0. The van der Waals surface area contributed by atoms with Gasteiger partial charge in [0.15, 0.2) is 0 Å². The van der Waals surface area contributed by atoms with Crippen molar-refractivity contribution in [3.63, 3.8) is 0 Å². The van der Waals surface area contributed by atoms with E-state index in [2.05, 4.69) is 26.3 Å². The molecule has 1 aromatic carbocycles. The molecule has 0 atom stereocenters. The molecular formula is C16H19ClN4. The predicted molar refractivity (Wildman–Crippen MR) is 87.7 cm³/mol. The summed E-state index contributed by atoms with van der Waals surface area (Å²) in [6.45, 7) is 6.16. The van der Waals surface area contributed by atoms with Gasteiger partial charge < -0.3 is 10.2 Å². The van der Waals surface area contributed by atoms with Crippen LogP contribution in [0.3, 0.4) is 0 Å². The summed E-state index contributed by atoms with van der Waals surface area (Å²) in [5.41, 5.74) is 3.18. The molecule has 0 aliphatic carbocycles. The van der Waals surface area contributed by atoms with Crippen molar-refractivity contribution in [1.82, 2.24) is 9.97 Å². The van der Waals surface area contributed by atoms with Crippen molar-refractivity contribution in [1.29, 1.82) is 0 Å². The first kappa shape index (κ1) is 14.1. The number of aryl methyl sites for hydroxylation is 2. The third-order valence-corrected chi connectivity index (χ3v) is 4.01. The van der Waals surface area contributed by atoms with Crippen LogP contribution in [0.1, 0.15) is 24.0 Å². The summed E-state index contributed by atoms with van der Waals surface area (Å²) in [6.07, 6.45) is 4.22. The van der Waals surface area contributed by atoms with E-state index in [0.29, 0.717) is 5.02 Å². The summed E-state index contributed by atoms with van der Waals surface area (Å²) in [4.78, 5) is 11.2. The van der Waals surface area contributed by atoms with Gasteiger partial charge in [-0.2, -0.15) is 4.98 Å². The molecular weight excluding hydrogens is 284 g/mol. The number of aromatic nitrogens is 2. The van der Waals surface area contributed by atoms with E-state index in [4.69, 9.17) is 11.6 Å². The van der Waals surface area contributed by atoms with Gasteiger partial charge in [0.2, 0.25) is 5.95 Å². The highest BCUT2D eigenvalue weighted by Gasteiger charge is 2.15. The summed E-state index contributed by atoms with van der Waals surface area (Å²) >= 11 is 6.34. The number of hydrogen-bond donors (Lipinski definition) is 1. The Morgan fingerprint density at radius 1 is 1.19 bits per heavy atom. The van der Waals surface area contributed by atoms with Crippen molar-refractivity contribution in [3.05, 3.63) is 40.5 Å². The van der Waals surface area contributed by atoms with Crippen LogP contribution >= 0.6 is 11.6 Å². The van der Waals surface area contributed by atoms with E-state index in [0.717, 1.165) is 41.7 Å². The van der Waals surface area contributed by atoms with Gasteiger partial charge in [0, 0.05) is 19.3 Å². The van der Waals surface area contributed by atoms with Crippen molar-refractivity contribution >= 4 is 29.1 Å². The number of hydrogen-bond acceptors (Lipinski definition) is 4. The number of nitrogens with one attached hydrogen (secondary N) is 1. The third-order valence-electron chi connectivity index (χ3n) is 3.72. The lowest BCUT2D eigenvalue weighted by molar-refractivity contribution is 0.900. The van der Waals surface area contributed by atoms with E-state index in [1.807, 2.05) is 26.0 Å². The minimum Gasteiger partial charge on any atom is -0.341 e. The molecule has 3 rings (SSSR count). The van der Waals surface area contributed by atoms with Gasteiger partial charge in [-0.25, -0.2) is 4.98 Å². The van der Waals surface area contributed by atoms with Crippen molar-refractivity contribution in [2.45, 2.75) is 26.7 Å². The molecule has 1 N–H and O–H groups in total. The maximum absolute atomic E-state index is 6.34. The van der Waals surface area contributed by atoms with E-state index in [-0.39, 0.29) is 0 Å². The summed E-state index contributed by atoms with van der Waals surface area (Å²) in [6, 6.07) is 5.94. The zero-order valence-corrected chi connectivity index (χ0v) is 13.1. The fourth-order valence-electron chi connectivity index (χ4n) is 2.69. The van der Waals surface area contributed by atoms with Crippen LogP contribution < -0.4 is 10.2 Å². The molecule has 0 saturated carbocycles. The molecule has 4 nitrogen and oxygen atoms in total. The number of nitrogens with zero attached hydrogens (tertiary/aromatic N) is 3. The van der Waals surface area contributed by atoms with Crippen LogP contribution in [0.25, 0.3) is 0 Å². The minimum absolute atomic E-state index is 0.717. The Bertz CT molecular complexity index is 627. The van der Waals surface area contributed by atoms with Crippen LogP contribution in [0.5, 0.6) is 0 Å². The molecule has 1 aliphatic heterocycles. The molecule has 1 aliphatic rings. The molecule has 0 unspecified atom stereocenters. The highest BCUT2D eigenvalue weighted by Crippen LogP contribution is 2.30. The lowest BCUT2D eigenvalue weighted by atomic mass is 10.1. The Labute approximate surface area is 130 Å². The SMILES string of the molecule is Cc1cc(C)c(Nc2ccnc(N3CCCC3)n2)c(Cl)c1. The number of halogens is 1. The van der Waals surface area contributed by atoms with Crippen molar-refractivity contribution in [2.75, 3.05) is 23.3 Å². The maximum atomic E-state index is 6.34. The zero-order valence-electron chi connectivity index (χ0n) is 12.4. The normalized spacial score (nSPS) is 14.5. The monoisotopic (exact) mass is 302 g/mol. The standard InChI is InChI=1S/C16H19ClN4/c1-11-9-12(2)15(13(17)10-11)19-14-5-6-18-16(20-14)21-7-3-4-8-21/h5-6,9-10H,3-4,7-8H2,1-2H3,(H,18,19,20). The first-order valence-electron chi connectivity index (χ1n) is 7.25. The molecule has 2 heterocycles. The quantitative estimate of drug-likeness (QED) is 0.927. The second-order valence-electron chi connectivity index (χ2n) is 5.50. The van der Waals surface area contributed by atoms with Gasteiger partial charge in [0.05, 0.1) is 10.7 Å². The average Bonchev–Trinajstić information content (AvgIpc) is 2.97. The second kappa shape index (κ2) is 5.90. The lowest BCUT2D eigenvalue weighted by Crippen LogP contribution is -2.20. The summed E-state index contributed by atoms with van der Waals surface area (Å²) in [7, 11) is 0. The maximum Gasteiger partial charge on any atom is 0.227 e. The molecule has 110 valence electrons. The van der Waals surface area contributed by atoms with Crippen LogP contribution in [0.4, 0.5) is 17.5 Å². The first-order valence-corrected chi connectivity index (χ1v) is 7.63. The molecule has 5 heteroatoms. The van der Waals surface area contributed by atoms with Crippen LogP contribution in [0, 0.1) is 13.8 Å². The Morgan fingerprint density at radius 3 is 2.67 bits per heavy atom. The summed E-state index contributed by atoms with van der Waals surface area (Å²) in [5, 5.41) is 4.04. The van der Waals surface area contributed by atoms with Crippen molar-refractivity contribution < 1.29 is 0 Å². The number of anilines is 3. The Balaban J connectivity index is 1.86. The molecule has 0 bridgehead atoms. The minimum atomic E-state index is 0.717. The molecule has 0 radical (unpaired) electrons. The lowest BCUT2D eigenvalue weighted by Gasteiger charge is -2.17. The van der Waals surface area contributed by atoms with E-state index in [1.54, 1.807) is 6.20 Å². The van der Waals surface area contributed by atoms with Gasteiger partial charge in [0.25, 0.3) is 0 Å². The molecule has 21 heavy (non-hydrogen) atoms. The van der Waals surface area contributed by atoms with Gasteiger partial charge in [-0.05, 0) is 49.9 Å². The molecule has 0 spiro atoms. The number of benzene rings is 1. The zero-order chi connectivity index (χ0) is 14.8. The van der Waals surface area contributed by atoms with Gasteiger partial charge in [-0.15, -0.1) is 0 Å². The largest absolute Gasteiger partial charge is 0.341 e. The molecule has 1 saturated heterocycles. The van der Waals surface area contributed by atoms with Gasteiger partial charge in [-0.3, -0.25) is 0 Å². The van der Waals surface area contributed by atoms with Crippen LogP contribution in [-0.2, 0) is 0 Å². The fourth-order valence-corrected chi connectivity index (χ4v) is 3.06. The van der Waals surface area contributed by atoms with Crippen LogP contribution in [-0.4, -0.2) is 23.1 Å². The van der Waals surface area contributed by atoms with E-state index in [1.165, 1.54) is 12.8 Å². The van der Waals surface area contributed by atoms with Gasteiger partial charge >= 0.3 is 0 Å². The van der Waals surface area contributed by atoms with Crippen LogP contribution in [0.15, 0.2) is 24.4 Å². The van der Waals surface area contributed by atoms with Crippen molar-refractivity contribution in [2.24, 2.45) is 0 Å². The molecule has 2 aromatic rings. The Morgan fingerprint density at radius 2 is 1.95 bits per heavy atom. The Hall–Kier alpha value is -1.81. The predicted octanol–water partition coefficient (Wildman–Crippen LogP) is 4.09.